The lowest BCUT2D eigenvalue weighted by Gasteiger charge is -2.24. The van der Waals surface area contributed by atoms with Crippen LogP contribution in [0.25, 0.3) is 5.65 Å². The van der Waals surface area contributed by atoms with Crippen molar-refractivity contribution in [3.8, 4) is 0 Å². The van der Waals surface area contributed by atoms with E-state index in [1.54, 1.807) is 6.07 Å². The molecular formula is C19H22N6O. The molecule has 3 aromatic rings. The van der Waals surface area contributed by atoms with Gasteiger partial charge < -0.3 is 15.0 Å². The van der Waals surface area contributed by atoms with Crippen LogP contribution in [0.3, 0.4) is 0 Å². The van der Waals surface area contributed by atoms with Gasteiger partial charge in [-0.25, -0.2) is 15.0 Å². The van der Waals surface area contributed by atoms with Gasteiger partial charge in [-0.15, -0.1) is 0 Å². The van der Waals surface area contributed by atoms with E-state index in [0.717, 1.165) is 42.1 Å². The van der Waals surface area contributed by atoms with Crippen LogP contribution >= 0.6 is 0 Å². The first-order valence-corrected chi connectivity index (χ1v) is 8.86. The smallest absolute Gasteiger partial charge is 0.229 e. The molecule has 0 aromatic carbocycles. The second kappa shape index (κ2) is 6.40. The molecular weight excluding hydrogens is 328 g/mol. The van der Waals surface area contributed by atoms with Gasteiger partial charge in [-0.3, -0.25) is 4.79 Å². The topological polar surface area (TPSA) is 89.4 Å². The minimum Gasteiger partial charge on any atom is -0.384 e. The van der Waals surface area contributed by atoms with Gasteiger partial charge in [-0.1, -0.05) is 6.07 Å². The third kappa shape index (κ3) is 2.89. The van der Waals surface area contributed by atoms with E-state index in [0.29, 0.717) is 18.1 Å². The molecule has 4 rings (SSSR count). The maximum absolute atomic E-state index is 13.1. The SMILES string of the molecule is Cc1nc(N)cc([C@H]2CCCN2C(=O)Cc2c(C)nc3ccccn23)n1. The highest BCUT2D eigenvalue weighted by molar-refractivity contribution is 5.79. The van der Waals surface area contributed by atoms with Crippen molar-refractivity contribution in [3.05, 3.63) is 53.4 Å². The highest BCUT2D eigenvalue weighted by Crippen LogP contribution is 2.32. The van der Waals surface area contributed by atoms with Crippen molar-refractivity contribution >= 4 is 17.4 Å². The van der Waals surface area contributed by atoms with Crippen molar-refractivity contribution in [2.75, 3.05) is 12.3 Å². The van der Waals surface area contributed by atoms with Crippen LogP contribution in [0.15, 0.2) is 30.5 Å². The lowest BCUT2D eigenvalue weighted by atomic mass is 10.1. The van der Waals surface area contributed by atoms with Gasteiger partial charge in [0.05, 0.1) is 29.5 Å². The number of amides is 1. The molecule has 1 fully saturated rings. The first-order chi connectivity index (χ1) is 12.5. The Kier molecular flexibility index (Phi) is 4.06. The summed E-state index contributed by atoms with van der Waals surface area (Å²) in [5, 5.41) is 0. The zero-order valence-electron chi connectivity index (χ0n) is 15.0. The van der Waals surface area contributed by atoms with Crippen LogP contribution in [-0.2, 0) is 11.2 Å². The van der Waals surface area contributed by atoms with E-state index in [9.17, 15) is 4.79 Å². The third-order valence-electron chi connectivity index (χ3n) is 4.94. The molecule has 7 nitrogen and oxygen atoms in total. The summed E-state index contributed by atoms with van der Waals surface area (Å²) >= 11 is 0. The number of aromatic nitrogens is 4. The van der Waals surface area contributed by atoms with E-state index < -0.39 is 0 Å². The fourth-order valence-corrected chi connectivity index (χ4v) is 3.78. The Hall–Kier alpha value is -2.96. The van der Waals surface area contributed by atoms with Gasteiger partial charge in [0.1, 0.15) is 17.3 Å². The summed E-state index contributed by atoms with van der Waals surface area (Å²) in [6, 6.07) is 7.60. The monoisotopic (exact) mass is 350 g/mol. The van der Waals surface area contributed by atoms with Gasteiger partial charge in [0, 0.05) is 18.8 Å². The summed E-state index contributed by atoms with van der Waals surface area (Å²) in [7, 11) is 0. The number of carbonyl (C=O) groups excluding carboxylic acids is 1. The number of imidazole rings is 1. The molecule has 26 heavy (non-hydrogen) atoms. The van der Waals surface area contributed by atoms with Gasteiger partial charge in [0.2, 0.25) is 5.91 Å². The number of fused-ring (bicyclic) bond motifs is 1. The number of nitrogens with two attached hydrogens (primary N) is 1. The molecule has 1 aliphatic heterocycles. The summed E-state index contributed by atoms with van der Waals surface area (Å²) in [6.07, 6.45) is 4.14. The Morgan fingerprint density at radius 2 is 2.12 bits per heavy atom. The average molecular weight is 350 g/mol. The molecule has 4 heterocycles. The molecule has 0 bridgehead atoms. The second-order valence-corrected chi connectivity index (χ2v) is 6.76. The molecule has 1 saturated heterocycles. The highest BCUT2D eigenvalue weighted by atomic mass is 16.2. The number of carbonyl (C=O) groups is 1. The van der Waals surface area contributed by atoms with Crippen molar-refractivity contribution in [1.82, 2.24) is 24.3 Å². The van der Waals surface area contributed by atoms with Crippen molar-refractivity contribution in [2.24, 2.45) is 0 Å². The van der Waals surface area contributed by atoms with E-state index in [4.69, 9.17) is 5.73 Å². The molecule has 1 aliphatic rings. The number of nitrogens with zero attached hydrogens (tertiary/aromatic N) is 5. The fraction of sp³-hybridized carbons (Fsp3) is 0.368. The number of hydrogen-bond acceptors (Lipinski definition) is 5. The standard InChI is InChI=1S/C19H22N6O/c1-12-16(24-8-4-3-7-18(24)21-12)11-19(26)25-9-5-6-15(25)14-10-17(20)23-13(2)22-14/h3-4,7-8,10,15H,5-6,9,11H2,1-2H3,(H2,20,22,23)/t15-/m1/s1. The summed E-state index contributed by atoms with van der Waals surface area (Å²) < 4.78 is 1.99. The number of nitrogen functional groups attached to an aromatic ring is 1. The minimum absolute atomic E-state index is 0.0361. The van der Waals surface area contributed by atoms with Crippen LogP contribution in [-0.4, -0.2) is 36.7 Å². The lowest BCUT2D eigenvalue weighted by Crippen LogP contribution is -2.32. The first kappa shape index (κ1) is 16.5. The van der Waals surface area contributed by atoms with Gasteiger partial charge in [-0.2, -0.15) is 0 Å². The molecule has 2 N–H and O–H groups in total. The Labute approximate surface area is 151 Å². The molecule has 0 aliphatic carbocycles. The zero-order valence-corrected chi connectivity index (χ0v) is 15.0. The summed E-state index contributed by atoms with van der Waals surface area (Å²) in [5.41, 5.74) is 9.40. The second-order valence-electron chi connectivity index (χ2n) is 6.76. The van der Waals surface area contributed by atoms with E-state index in [2.05, 4.69) is 15.0 Å². The van der Waals surface area contributed by atoms with Crippen LogP contribution < -0.4 is 5.73 Å². The van der Waals surface area contributed by atoms with Crippen molar-refractivity contribution in [1.29, 1.82) is 0 Å². The normalized spacial score (nSPS) is 17.2. The van der Waals surface area contributed by atoms with Crippen LogP contribution in [0.5, 0.6) is 0 Å². The van der Waals surface area contributed by atoms with Gasteiger partial charge in [0.25, 0.3) is 0 Å². The molecule has 134 valence electrons. The highest BCUT2D eigenvalue weighted by Gasteiger charge is 2.32. The molecule has 7 heteroatoms. The van der Waals surface area contributed by atoms with Crippen molar-refractivity contribution in [3.63, 3.8) is 0 Å². The molecule has 1 amide bonds. The van der Waals surface area contributed by atoms with Crippen molar-refractivity contribution in [2.45, 2.75) is 39.2 Å². The maximum Gasteiger partial charge on any atom is 0.229 e. The molecule has 0 spiro atoms. The third-order valence-corrected chi connectivity index (χ3v) is 4.94. The Balaban J connectivity index is 1.61. The van der Waals surface area contributed by atoms with E-state index in [1.807, 2.05) is 47.5 Å². The molecule has 0 radical (unpaired) electrons. The van der Waals surface area contributed by atoms with Crippen molar-refractivity contribution < 1.29 is 4.79 Å². The van der Waals surface area contributed by atoms with E-state index in [-0.39, 0.29) is 11.9 Å². The number of pyridine rings is 1. The van der Waals surface area contributed by atoms with Crippen LogP contribution in [0.2, 0.25) is 0 Å². The lowest BCUT2D eigenvalue weighted by molar-refractivity contribution is -0.131. The molecule has 0 unspecified atom stereocenters. The maximum atomic E-state index is 13.1. The molecule has 1 atom stereocenters. The quantitative estimate of drug-likeness (QED) is 0.782. The average Bonchev–Trinajstić information content (AvgIpc) is 3.19. The Bertz CT molecular complexity index is 959. The number of rotatable bonds is 3. The number of anilines is 1. The Morgan fingerprint density at radius 3 is 2.92 bits per heavy atom. The van der Waals surface area contributed by atoms with Crippen LogP contribution in [0.1, 0.15) is 41.8 Å². The van der Waals surface area contributed by atoms with E-state index in [1.165, 1.54) is 0 Å². The van der Waals surface area contributed by atoms with Crippen LogP contribution in [0.4, 0.5) is 5.82 Å². The van der Waals surface area contributed by atoms with Crippen LogP contribution in [0, 0.1) is 13.8 Å². The minimum atomic E-state index is -0.0361. The predicted octanol–water partition coefficient (Wildman–Crippen LogP) is 2.23. The number of hydrogen-bond donors (Lipinski definition) is 1. The van der Waals surface area contributed by atoms with Gasteiger partial charge in [0.15, 0.2) is 0 Å². The zero-order chi connectivity index (χ0) is 18.3. The summed E-state index contributed by atoms with van der Waals surface area (Å²) in [5.74, 6) is 1.18. The van der Waals surface area contributed by atoms with Gasteiger partial charge in [-0.05, 0) is 38.8 Å². The predicted molar refractivity (Wildman–Crippen MR) is 98.5 cm³/mol. The fourth-order valence-electron chi connectivity index (χ4n) is 3.78. The number of aryl methyl sites for hydroxylation is 2. The number of likely N-dealkylation sites (tertiary alicyclic amines) is 1. The molecule has 3 aromatic heterocycles. The van der Waals surface area contributed by atoms with Gasteiger partial charge >= 0.3 is 0 Å². The summed E-state index contributed by atoms with van der Waals surface area (Å²) in [6.45, 7) is 4.51. The molecule has 0 saturated carbocycles. The van der Waals surface area contributed by atoms with E-state index >= 15 is 0 Å². The largest absolute Gasteiger partial charge is 0.384 e. The Morgan fingerprint density at radius 1 is 1.27 bits per heavy atom. The summed E-state index contributed by atoms with van der Waals surface area (Å²) in [4.78, 5) is 28.2. The first-order valence-electron chi connectivity index (χ1n) is 8.86.